The molecule has 2 atom stereocenters. The molecule has 0 spiro atoms. The van der Waals surface area contributed by atoms with Gasteiger partial charge in [0.15, 0.2) is 0 Å². The van der Waals surface area contributed by atoms with E-state index < -0.39 is 0 Å². The number of rotatable bonds is 3. The second-order valence-electron chi connectivity index (χ2n) is 5.87. The first kappa shape index (κ1) is 14.2. The van der Waals surface area contributed by atoms with Gasteiger partial charge in [-0.25, -0.2) is 4.98 Å². The van der Waals surface area contributed by atoms with E-state index in [2.05, 4.69) is 21.8 Å². The zero-order valence-corrected chi connectivity index (χ0v) is 12.4. The second kappa shape index (κ2) is 5.95. The quantitative estimate of drug-likeness (QED) is 0.899. The summed E-state index contributed by atoms with van der Waals surface area (Å²) >= 11 is 0. The Morgan fingerprint density at radius 1 is 1.38 bits per heavy atom. The van der Waals surface area contributed by atoms with Crippen LogP contribution in [0.1, 0.15) is 32.0 Å². The van der Waals surface area contributed by atoms with Gasteiger partial charge in [0.25, 0.3) is 5.56 Å². The monoisotopic (exact) mass is 286 g/mol. The first-order valence-corrected chi connectivity index (χ1v) is 7.63. The van der Waals surface area contributed by atoms with Crippen LogP contribution in [0.5, 0.6) is 0 Å². The van der Waals surface area contributed by atoms with Gasteiger partial charge in [0.1, 0.15) is 5.82 Å². The van der Waals surface area contributed by atoms with E-state index >= 15 is 0 Å². The Morgan fingerprint density at radius 2 is 2.19 bits per heavy atom. The van der Waals surface area contributed by atoms with Crippen molar-refractivity contribution in [3.63, 3.8) is 0 Å². The number of benzene rings is 1. The first-order chi connectivity index (χ1) is 10.2. The van der Waals surface area contributed by atoms with Crippen LogP contribution in [0.4, 0.5) is 0 Å². The third-order valence-corrected chi connectivity index (χ3v) is 4.46. The maximum absolute atomic E-state index is 12.1. The van der Waals surface area contributed by atoms with Gasteiger partial charge in [-0.2, -0.15) is 0 Å². The average molecular weight is 286 g/mol. The molecule has 5 nitrogen and oxygen atoms in total. The Bertz CT molecular complexity index is 681. The molecule has 1 aliphatic heterocycles. The molecule has 21 heavy (non-hydrogen) atoms. The van der Waals surface area contributed by atoms with Crippen molar-refractivity contribution < 1.29 is 0 Å². The molecule has 2 aromatic rings. The molecule has 1 aliphatic rings. The summed E-state index contributed by atoms with van der Waals surface area (Å²) in [6.45, 7) is 3.53. The molecular formula is C16H22N4O. The standard InChI is InChI=1S/C16H22N4O/c1-11-5-4-6-12(9-17)20(11)10-15-18-14-8-3-2-7-13(14)16(21)19-15/h2-3,7-8,11-12H,4-6,9-10,17H2,1H3,(H,18,19,21). The van der Waals surface area contributed by atoms with E-state index in [-0.39, 0.29) is 5.56 Å². The number of para-hydroxylation sites is 1. The third-order valence-electron chi connectivity index (χ3n) is 4.46. The molecule has 1 aromatic carbocycles. The maximum Gasteiger partial charge on any atom is 0.258 e. The van der Waals surface area contributed by atoms with Crippen LogP contribution in [0.15, 0.2) is 29.1 Å². The normalized spacial score (nSPS) is 23.5. The number of fused-ring (bicyclic) bond motifs is 1. The zero-order valence-electron chi connectivity index (χ0n) is 12.4. The molecule has 1 aromatic heterocycles. The minimum atomic E-state index is -0.0652. The Labute approximate surface area is 124 Å². The van der Waals surface area contributed by atoms with Gasteiger partial charge in [0.2, 0.25) is 0 Å². The van der Waals surface area contributed by atoms with Gasteiger partial charge < -0.3 is 10.7 Å². The SMILES string of the molecule is CC1CCCC(CN)N1Cc1nc2ccccc2c(=O)[nH]1. The van der Waals surface area contributed by atoms with E-state index in [0.29, 0.717) is 30.6 Å². The van der Waals surface area contributed by atoms with E-state index in [1.165, 1.54) is 12.8 Å². The predicted octanol–water partition coefficient (Wildman–Crippen LogP) is 1.62. The lowest BCUT2D eigenvalue weighted by Crippen LogP contribution is -2.48. The number of aromatic amines is 1. The van der Waals surface area contributed by atoms with E-state index in [1.807, 2.05) is 18.2 Å². The van der Waals surface area contributed by atoms with Gasteiger partial charge in [-0.15, -0.1) is 0 Å². The third kappa shape index (κ3) is 2.84. The molecule has 5 heteroatoms. The summed E-state index contributed by atoms with van der Waals surface area (Å²) < 4.78 is 0. The molecule has 0 amide bonds. The van der Waals surface area contributed by atoms with Crippen molar-refractivity contribution in [1.29, 1.82) is 0 Å². The van der Waals surface area contributed by atoms with Crippen molar-refractivity contribution in [2.24, 2.45) is 5.73 Å². The molecule has 3 rings (SSSR count). The summed E-state index contributed by atoms with van der Waals surface area (Å²) in [5.41, 5.74) is 6.59. The van der Waals surface area contributed by atoms with E-state index in [1.54, 1.807) is 6.07 Å². The highest BCUT2D eigenvalue weighted by Gasteiger charge is 2.27. The molecule has 2 unspecified atom stereocenters. The summed E-state index contributed by atoms with van der Waals surface area (Å²) in [5.74, 6) is 0.728. The Balaban J connectivity index is 1.91. The number of nitrogens with one attached hydrogen (secondary N) is 1. The van der Waals surface area contributed by atoms with Gasteiger partial charge in [-0.1, -0.05) is 18.6 Å². The number of aromatic nitrogens is 2. The van der Waals surface area contributed by atoms with Gasteiger partial charge >= 0.3 is 0 Å². The predicted molar refractivity (Wildman–Crippen MR) is 84.1 cm³/mol. The number of nitrogens with two attached hydrogens (primary N) is 1. The summed E-state index contributed by atoms with van der Waals surface area (Å²) in [4.78, 5) is 22.0. The molecular weight excluding hydrogens is 264 g/mol. The molecule has 1 fully saturated rings. The summed E-state index contributed by atoms with van der Waals surface area (Å²) in [7, 11) is 0. The van der Waals surface area contributed by atoms with Gasteiger partial charge in [0, 0.05) is 18.6 Å². The molecule has 1 saturated heterocycles. The van der Waals surface area contributed by atoms with Crippen LogP contribution in [-0.4, -0.2) is 33.5 Å². The minimum absolute atomic E-state index is 0.0652. The lowest BCUT2D eigenvalue weighted by Gasteiger charge is -2.39. The van der Waals surface area contributed by atoms with E-state index in [4.69, 9.17) is 5.73 Å². The lowest BCUT2D eigenvalue weighted by molar-refractivity contribution is 0.0863. The Morgan fingerprint density at radius 3 is 3.00 bits per heavy atom. The van der Waals surface area contributed by atoms with Crippen LogP contribution < -0.4 is 11.3 Å². The highest BCUT2D eigenvalue weighted by Crippen LogP contribution is 2.23. The van der Waals surface area contributed by atoms with Crippen LogP contribution in [0, 0.1) is 0 Å². The van der Waals surface area contributed by atoms with Crippen molar-refractivity contribution in [3.05, 3.63) is 40.4 Å². The summed E-state index contributed by atoms with van der Waals surface area (Å²) in [6.07, 6.45) is 3.52. The maximum atomic E-state index is 12.1. The molecule has 0 bridgehead atoms. The van der Waals surface area contributed by atoms with Crippen LogP contribution in [0.2, 0.25) is 0 Å². The Hall–Kier alpha value is -1.72. The fourth-order valence-electron chi connectivity index (χ4n) is 3.26. The molecule has 112 valence electrons. The summed E-state index contributed by atoms with van der Waals surface area (Å²) in [6, 6.07) is 8.31. The Kier molecular flexibility index (Phi) is 4.03. The van der Waals surface area contributed by atoms with Crippen molar-refractivity contribution >= 4 is 10.9 Å². The van der Waals surface area contributed by atoms with Crippen LogP contribution >= 0.6 is 0 Å². The second-order valence-corrected chi connectivity index (χ2v) is 5.87. The number of piperidine rings is 1. The van der Waals surface area contributed by atoms with E-state index in [0.717, 1.165) is 17.8 Å². The molecule has 0 radical (unpaired) electrons. The smallest absolute Gasteiger partial charge is 0.258 e. The molecule has 0 saturated carbocycles. The number of H-pyrrole nitrogens is 1. The number of hydrogen-bond acceptors (Lipinski definition) is 4. The van der Waals surface area contributed by atoms with Crippen LogP contribution in [-0.2, 0) is 6.54 Å². The van der Waals surface area contributed by atoms with Crippen molar-refractivity contribution in [1.82, 2.24) is 14.9 Å². The highest BCUT2D eigenvalue weighted by molar-refractivity contribution is 5.77. The zero-order chi connectivity index (χ0) is 14.8. The number of likely N-dealkylation sites (tertiary alicyclic amines) is 1. The van der Waals surface area contributed by atoms with Gasteiger partial charge in [-0.05, 0) is 31.9 Å². The number of hydrogen-bond donors (Lipinski definition) is 2. The topological polar surface area (TPSA) is 75.0 Å². The van der Waals surface area contributed by atoms with Crippen molar-refractivity contribution in [3.8, 4) is 0 Å². The number of nitrogens with zero attached hydrogens (tertiary/aromatic N) is 2. The minimum Gasteiger partial charge on any atom is -0.329 e. The molecule has 2 heterocycles. The van der Waals surface area contributed by atoms with Crippen LogP contribution in [0.3, 0.4) is 0 Å². The fraction of sp³-hybridized carbons (Fsp3) is 0.500. The lowest BCUT2D eigenvalue weighted by atomic mass is 9.96. The fourth-order valence-corrected chi connectivity index (χ4v) is 3.26. The van der Waals surface area contributed by atoms with E-state index in [9.17, 15) is 4.79 Å². The summed E-state index contributed by atoms with van der Waals surface area (Å²) in [5, 5.41) is 0.642. The molecule has 3 N–H and O–H groups in total. The molecule has 0 aliphatic carbocycles. The van der Waals surface area contributed by atoms with Crippen molar-refractivity contribution in [2.45, 2.75) is 44.8 Å². The van der Waals surface area contributed by atoms with Gasteiger partial charge in [-0.3, -0.25) is 9.69 Å². The highest BCUT2D eigenvalue weighted by atomic mass is 16.1. The first-order valence-electron chi connectivity index (χ1n) is 7.63. The van der Waals surface area contributed by atoms with Crippen LogP contribution in [0.25, 0.3) is 10.9 Å². The average Bonchev–Trinajstić information content (AvgIpc) is 2.49. The largest absolute Gasteiger partial charge is 0.329 e. The van der Waals surface area contributed by atoms with Crippen molar-refractivity contribution in [2.75, 3.05) is 6.54 Å². The van der Waals surface area contributed by atoms with Gasteiger partial charge in [0.05, 0.1) is 17.4 Å².